The van der Waals surface area contributed by atoms with Crippen LogP contribution in [-0.4, -0.2) is 24.0 Å². The van der Waals surface area contributed by atoms with Gasteiger partial charge in [0, 0.05) is 0 Å². The molecule has 4 N–H and O–H groups in total. The molecule has 0 aromatic heterocycles. The molecule has 0 aromatic rings. The molecule has 0 unspecified atom stereocenters. The summed E-state index contributed by atoms with van der Waals surface area (Å²) < 4.78 is 29.3. The molecule has 1 amide bonds. The van der Waals surface area contributed by atoms with E-state index in [0.717, 1.165) is 0 Å². The van der Waals surface area contributed by atoms with Gasteiger partial charge in [-0.25, -0.2) is 0 Å². The Balaban J connectivity index is 5.31. The predicted molar refractivity (Wildman–Crippen MR) is 40.7 cm³/mol. The quantitative estimate of drug-likeness (QED) is 0.320. The van der Waals surface area contributed by atoms with Gasteiger partial charge in [-0.1, -0.05) is 6.92 Å². The number of nitrogens with two attached hydrogens (primary N) is 1. The van der Waals surface area contributed by atoms with Gasteiger partial charge in [0.2, 0.25) is 0 Å². The second-order valence-corrected chi connectivity index (χ2v) is 3.41. The van der Waals surface area contributed by atoms with Crippen LogP contribution in [0.4, 0.5) is 0 Å². The van der Waals surface area contributed by atoms with Gasteiger partial charge < -0.3 is 10.8 Å². The summed E-state index contributed by atoms with van der Waals surface area (Å²) in [5, 5.41) is 8.79. The number of primary amides is 1. The van der Waals surface area contributed by atoms with E-state index >= 15 is 0 Å². The first-order chi connectivity index (χ1) is 5.30. The summed E-state index contributed by atoms with van der Waals surface area (Å²) in [4.78, 5) is 9.52. The zero-order valence-electron chi connectivity index (χ0n) is 6.31. The molecule has 0 atom stereocenters. The van der Waals surface area contributed by atoms with Gasteiger partial charge in [-0.15, -0.1) is 0 Å². The Kier molecular flexibility index (Phi) is 3.23. The Morgan fingerprint density at radius 2 is 1.92 bits per heavy atom. The highest BCUT2D eigenvalue weighted by molar-refractivity contribution is 7.89. The van der Waals surface area contributed by atoms with Crippen LogP contribution in [0.15, 0.2) is 10.7 Å². The van der Waals surface area contributed by atoms with Crippen molar-refractivity contribution in [2.45, 2.75) is 13.3 Å². The fraction of sp³-hybridized carbons (Fsp3) is 0.400. The van der Waals surface area contributed by atoms with Crippen LogP contribution in [0.5, 0.6) is 0 Å². The molecule has 0 heterocycles. The zero-order chi connectivity index (χ0) is 9.94. The fourth-order valence-electron chi connectivity index (χ4n) is 0.609. The lowest BCUT2D eigenvalue weighted by Gasteiger charge is -2.01. The SMILES string of the molecule is CC/C(=C(/O)C(N)=O)S(=O)(=O)O. The Labute approximate surface area is 69.4 Å². The Morgan fingerprint density at radius 3 is 2.00 bits per heavy atom. The second kappa shape index (κ2) is 3.55. The molecule has 0 spiro atoms. The minimum atomic E-state index is -4.53. The summed E-state index contributed by atoms with van der Waals surface area (Å²) in [7, 11) is -4.53. The third-order valence-corrected chi connectivity index (χ3v) is 2.23. The minimum absolute atomic E-state index is 0.201. The highest BCUT2D eigenvalue weighted by atomic mass is 32.2. The third-order valence-electron chi connectivity index (χ3n) is 1.13. The van der Waals surface area contributed by atoms with Crippen LogP contribution in [0.25, 0.3) is 0 Å². The lowest BCUT2D eigenvalue weighted by atomic mass is 10.3. The molecule has 6 nitrogen and oxygen atoms in total. The van der Waals surface area contributed by atoms with Crippen LogP contribution in [0, 0.1) is 0 Å². The van der Waals surface area contributed by atoms with Gasteiger partial charge in [-0.2, -0.15) is 8.42 Å². The molecule has 0 bridgehead atoms. The number of allylic oxidation sites excluding steroid dienone is 1. The average Bonchev–Trinajstić information content (AvgIpc) is 1.85. The van der Waals surface area contributed by atoms with Gasteiger partial charge >= 0.3 is 0 Å². The van der Waals surface area contributed by atoms with E-state index in [1.54, 1.807) is 0 Å². The van der Waals surface area contributed by atoms with Crippen LogP contribution < -0.4 is 5.73 Å². The molecule has 0 aliphatic carbocycles. The Morgan fingerprint density at radius 1 is 1.50 bits per heavy atom. The lowest BCUT2D eigenvalue weighted by molar-refractivity contribution is -0.117. The fourth-order valence-corrected chi connectivity index (χ4v) is 1.32. The number of aliphatic hydroxyl groups excluding tert-OH is 1. The molecule has 0 radical (unpaired) electrons. The number of rotatable bonds is 3. The first kappa shape index (κ1) is 10.9. The highest BCUT2D eigenvalue weighted by Crippen LogP contribution is 2.12. The van der Waals surface area contributed by atoms with E-state index in [-0.39, 0.29) is 6.42 Å². The molecule has 7 heteroatoms. The smallest absolute Gasteiger partial charge is 0.294 e. The molecule has 0 rings (SSSR count). The summed E-state index contributed by atoms with van der Waals surface area (Å²) in [5.74, 6) is -2.41. The number of amides is 1. The summed E-state index contributed by atoms with van der Waals surface area (Å²) in [5.41, 5.74) is 4.59. The van der Waals surface area contributed by atoms with Gasteiger partial charge in [0.15, 0.2) is 5.76 Å². The van der Waals surface area contributed by atoms with Gasteiger partial charge in [0.05, 0.1) is 0 Å². The van der Waals surface area contributed by atoms with Crippen molar-refractivity contribution in [2.24, 2.45) is 5.73 Å². The summed E-state index contributed by atoms with van der Waals surface area (Å²) in [6.07, 6.45) is -0.201. The number of hydrogen-bond acceptors (Lipinski definition) is 4. The molecule has 0 fully saturated rings. The molecule has 0 saturated heterocycles. The number of carbonyl (C=O) groups is 1. The largest absolute Gasteiger partial charge is 0.502 e. The van der Waals surface area contributed by atoms with E-state index in [0.29, 0.717) is 0 Å². The van der Waals surface area contributed by atoms with Crippen molar-refractivity contribution in [3.05, 3.63) is 10.7 Å². The van der Waals surface area contributed by atoms with E-state index in [1.165, 1.54) is 6.92 Å². The van der Waals surface area contributed by atoms with Crippen LogP contribution in [0.2, 0.25) is 0 Å². The maximum atomic E-state index is 10.4. The third kappa shape index (κ3) is 2.51. The zero-order valence-corrected chi connectivity index (χ0v) is 7.13. The van der Waals surface area contributed by atoms with Gasteiger partial charge in [-0.3, -0.25) is 9.35 Å². The standard InChI is InChI=1S/C5H9NO5S/c1-2-3(12(9,10)11)4(7)5(6)8/h7H,2H2,1H3,(H2,6,8)(H,9,10,11)/b4-3-. The van der Waals surface area contributed by atoms with Crippen LogP contribution >= 0.6 is 0 Å². The first-order valence-corrected chi connectivity index (χ1v) is 4.44. The first-order valence-electron chi connectivity index (χ1n) is 3.00. The predicted octanol–water partition coefficient (Wildman–Crippen LogP) is -0.461. The Hall–Kier alpha value is -1.08. The average molecular weight is 195 g/mol. The molecule has 0 aliphatic rings. The molecule has 12 heavy (non-hydrogen) atoms. The van der Waals surface area contributed by atoms with Crippen molar-refractivity contribution in [3.63, 3.8) is 0 Å². The molecule has 0 aliphatic heterocycles. The number of aliphatic hydroxyl groups is 1. The maximum Gasteiger partial charge on any atom is 0.294 e. The van der Waals surface area contributed by atoms with Crippen molar-refractivity contribution < 1.29 is 22.9 Å². The molecular formula is C5H9NO5S. The van der Waals surface area contributed by atoms with Gasteiger partial charge in [0.1, 0.15) is 4.91 Å². The maximum absolute atomic E-state index is 10.4. The van der Waals surface area contributed by atoms with Crippen molar-refractivity contribution in [2.75, 3.05) is 0 Å². The molecule has 0 saturated carbocycles. The lowest BCUT2D eigenvalue weighted by Crippen LogP contribution is -2.18. The van der Waals surface area contributed by atoms with Crippen molar-refractivity contribution in [3.8, 4) is 0 Å². The van der Waals surface area contributed by atoms with E-state index < -0.39 is 26.7 Å². The van der Waals surface area contributed by atoms with E-state index in [4.69, 9.17) is 9.66 Å². The molecule has 70 valence electrons. The summed E-state index contributed by atoms with van der Waals surface area (Å²) in [6, 6.07) is 0. The van der Waals surface area contributed by atoms with Crippen molar-refractivity contribution >= 4 is 16.0 Å². The second-order valence-electron chi connectivity index (χ2n) is 1.96. The number of carbonyl (C=O) groups excluding carboxylic acids is 1. The van der Waals surface area contributed by atoms with Gasteiger partial charge in [0.25, 0.3) is 16.0 Å². The topological polar surface area (TPSA) is 118 Å². The normalized spacial score (nSPS) is 13.8. The van der Waals surface area contributed by atoms with Crippen molar-refractivity contribution in [1.29, 1.82) is 0 Å². The molecule has 0 aromatic carbocycles. The monoisotopic (exact) mass is 195 g/mol. The van der Waals surface area contributed by atoms with Crippen LogP contribution in [0.3, 0.4) is 0 Å². The van der Waals surface area contributed by atoms with E-state index in [2.05, 4.69) is 5.73 Å². The van der Waals surface area contributed by atoms with Crippen LogP contribution in [-0.2, 0) is 14.9 Å². The Bertz CT molecular complexity index is 315. The summed E-state index contributed by atoms with van der Waals surface area (Å²) in [6.45, 7) is 1.35. The van der Waals surface area contributed by atoms with Crippen molar-refractivity contribution in [1.82, 2.24) is 0 Å². The van der Waals surface area contributed by atoms with E-state index in [1.807, 2.05) is 0 Å². The van der Waals surface area contributed by atoms with E-state index in [9.17, 15) is 13.2 Å². The summed E-state index contributed by atoms with van der Waals surface area (Å²) >= 11 is 0. The van der Waals surface area contributed by atoms with Gasteiger partial charge in [-0.05, 0) is 6.42 Å². The number of hydrogen-bond donors (Lipinski definition) is 3. The minimum Gasteiger partial charge on any atom is -0.502 e. The molecular weight excluding hydrogens is 186 g/mol. The van der Waals surface area contributed by atoms with Crippen LogP contribution in [0.1, 0.15) is 13.3 Å². The highest BCUT2D eigenvalue weighted by Gasteiger charge is 2.20.